The van der Waals surface area contributed by atoms with Gasteiger partial charge in [-0.05, 0) is 74.9 Å². The minimum absolute atomic E-state index is 0.0133. The summed E-state index contributed by atoms with van der Waals surface area (Å²) in [6.07, 6.45) is 0.673. The summed E-state index contributed by atoms with van der Waals surface area (Å²) >= 11 is 0. The van der Waals surface area contributed by atoms with Crippen LogP contribution in [0.15, 0.2) is 114 Å². The quantitative estimate of drug-likeness (QED) is 0.194. The van der Waals surface area contributed by atoms with Gasteiger partial charge >= 0.3 is 0 Å². The second-order valence-corrected chi connectivity index (χ2v) is 12.2. The molecule has 0 saturated carbocycles. The molecule has 0 spiro atoms. The van der Waals surface area contributed by atoms with E-state index in [1.165, 1.54) is 35.2 Å². The van der Waals surface area contributed by atoms with Gasteiger partial charge in [0.2, 0.25) is 11.8 Å². The van der Waals surface area contributed by atoms with Crippen molar-refractivity contribution < 1.29 is 27.1 Å². The highest BCUT2D eigenvalue weighted by Gasteiger charge is 2.33. The van der Waals surface area contributed by atoms with E-state index >= 15 is 0 Å². The lowest BCUT2D eigenvalue weighted by Gasteiger charge is -2.32. The number of amides is 2. The maximum absolute atomic E-state index is 14.7. The SMILES string of the molecule is CC[C@H](C)NC(=O)[C@@H](C)N(Cc1ccccc1F)C(=O)CN(c1ccc(Oc2ccccc2)cc1)S(=O)(=O)c1ccccc1. The lowest BCUT2D eigenvalue weighted by Crippen LogP contribution is -2.52. The van der Waals surface area contributed by atoms with Crippen LogP contribution in [0.5, 0.6) is 11.5 Å². The van der Waals surface area contributed by atoms with Gasteiger partial charge < -0.3 is 15.0 Å². The Hall–Kier alpha value is -4.70. The first-order valence-corrected chi connectivity index (χ1v) is 15.8. The summed E-state index contributed by atoms with van der Waals surface area (Å²) in [7, 11) is -4.23. The molecule has 0 fully saturated rings. The lowest BCUT2D eigenvalue weighted by atomic mass is 10.1. The first-order valence-electron chi connectivity index (χ1n) is 14.3. The van der Waals surface area contributed by atoms with Crippen molar-refractivity contribution >= 4 is 27.5 Å². The van der Waals surface area contributed by atoms with Crippen molar-refractivity contribution in [2.75, 3.05) is 10.8 Å². The number of benzene rings is 4. The second-order valence-electron chi connectivity index (χ2n) is 10.3. The average molecular weight is 618 g/mol. The van der Waals surface area contributed by atoms with Gasteiger partial charge in [0.25, 0.3) is 10.0 Å². The van der Waals surface area contributed by atoms with Gasteiger partial charge in [-0.3, -0.25) is 13.9 Å². The van der Waals surface area contributed by atoms with Crippen LogP contribution in [0.4, 0.5) is 10.1 Å². The molecule has 4 aromatic carbocycles. The van der Waals surface area contributed by atoms with Gasteiger partial charge in [0.05, 0.1) is 10.6 Å². The molecule has 0 aliphatic rings. The van der Waals surface area contributed by atoms with Crippen LogP contribution in [0.1, 0.15) is 32.8 Å². The molecular formula is C34H36FN3O5S. The fourth-order valence-electron chi connectivity index (χ4n) is 4.41. The summed E-state index contributed by atoms with van der Waals surface area (Å²) in [4.78, 5) is 28.4. The van der Waals surface area contributed by atoms with Gasteiger partial charge in [0.1, 0.15) is 29.9 Å². The Balaban J connectivity index is 1.70. The molecule has 8 nitrogen and oxygen atoms in total. The fraction of sp³-hybridized carbons (Fsp3) is 0.235. The number of carbonyl (C=O) groups is 2. The summed E-state index contributed by atoms with van der Waals surface area (Å²) in [6.45, 7) is 4.44. The monoisotopic (exact) mass is 617 g/mol. The van der Waals surface area contributed by atoms with Gasteiger partial charge in [-0.2, -0.15) is 0 Å². The maximum Gasteiger partial charge on any atom is 0.264 e. The summed E-state index contributed by atoms with van der Waals surface area (Å²) < 4.78 is 49.5. The molecule has 0 aromatic heterocycles. The van der Waals surface area contributed by atoms with Crippen molar-refractivity contribution in [2.45, 2.75) is 50.7 Å². The van der Waals surface area contributed by atoms with Crippen LogP contribution in [0, 0.1) is 5.82 Å². The zero-order chi connectivity index (χ0) is 31.7. The molecule has 0 aliphatic heterocycles. The van der Waals surface area contributed by atoms with E-state index in [4.69, 9.17) is 4.74 Å². The van der Waals surface area contributed by atoms with Gasteiger partial charge in [-0.25, -0.2) is 12.8 Å². The summed E-state index contributed by atoms with van der Waals surface area (Å²) in [5.74, 6) is -0.562. The molecule has 44 heavy (non-hydrogen) atoms. The Kier molecular flexibility index (Phi) is 10.7. The van der Waals surface area contributed by atoms with E-state index in [0.717, 1.165) is 4.31 Å². The minimum Gasteiger partial charge on any atom is -0.457 e. The molecule has 1 N–H and O–H groups in total. The van der Waals surface area contributed by atoms with Crippen LogP contribution < -0.4 is 14.4 Å². The van der Waals surface area contributed by atoms with E-state index in [1.54, 1.807) is 67.6 Å². The molecule has 2 atom stereocenters. The highest BCUT2D eigenvalue weighted by atomic mass is 32.2. The van der Waals surface area contributed by atoms with Gasteiger partial charge in [-0.15, -0.1) is 0 Å². The van der Waals surface area contributed by atoms with E-state index in [-0.39, 0.29) is 28.7 Å². The number of nitrogens with one attached hydrogen (secondary N) is 1. The topological polar surface area (TPSA) is 96.0 Å². The molecule has 0 radical (unpaired) electrons. The van der Waals surface area contributed by atoms with Crippen molar-refractivity contribution in [1.82, 2.24) is 10.2 Å². The normalized spacial score (nSPS) is 12.5. The van der Waals surface area contributed by atoms with Crippen molar-refractivity contribution in [2.24, 2.45) is 0 Å². The number of hydrogen-bond donors (Lipinski definition) is 1. The predicted octanol–water partition coefficient (Wildman–Crippen LogP) is 6.15. The van der Waals surface area contributed by atoms with Crippen LogP contribution in [0.2, 0.25) is 0 Å². The number of para-hydroxylation sites is 1. The number of ether oxygens (including phenoxy) is 1. The Morgan fingerprint density at radius 3 is 2.00 bits per heavy atom. The van der Waals surface area contributed by atoms with Crippen molar-refractivity contribution in [3.05, 3.63) is 121 Å². The van der Waals surface area contributed by atoms with Crippen LogP contribution in [-0.4, -0.2) is 43.8 Å². The molecule has 0 bridgehead atoms. The minimum atomic E-state index is -4.23. The number of nitrogens with zero attached hydrogens (tertiary/aromatic N) is 2. The van der Waals surface area contributed by atoms with E-state index in [0.29, 0.717) is 17.9 Å². The average Bonchev–Trinajstić information content (AvgIpc) is 3.04. The van der Waals surface area contributed by atoms with Gasteiger partial charge in [0.15, 0.2) is 0 Å². The third-order valence-corrected chi connectivity index (χ3v) is 8.97. The van der Waals surface area contributed by atoms with Crippen molar-refractivity contribution in [1.29, 1.82) is 0 Å². The number of anilines is 1. The molecule has 230 valence electrons. The highest BCUT2D eigenvalue weighted by molar-refractivity contribution is 7.92. The Morgan fingerprint density at radius 2 is 1.39 bits per heavy atom. The van der Waals surface area contributed by atoms with Crippen molar-refractivity contribution in [3.63, 3.8) is 0 Å². The standard InChI is InChI=1S/C34H36FN3O5S/c1-4-25(2)36-34(40)26(3)37(23-27-13-11-12-18-32(27)35)33(39)24-38(44(41,42)31-16-9-6-10-17-31)28-19-21-30(22-20-28)43-29-14-7-5-8-15-29/h5-22,25-26H,4,23-24H2,1-3H3,(H,36,40)/t25-,26+/m0/s1. The summed E-state index contributed by atoms with van der Waals surface area (Å²) in [5, 5.41) is 2.86. The van der Waals surface area contributed by atoms with Gasteiger partial charge in [-0.1, -0.05) is 61.5 Å². The van der Waals surface area contributed by atoms with Crippen LogP contribution in [0.25, 0.3) is 0 Å². The fourth-order valence-corrected chi connectivity index (χ4v) is 5.85. The molecule has 4 rings (SSSR count). The molecule has 2 amide bonds. The smallest absolute Gasteiger partial charge is 0.264 e. The van der Waals surface area contributed by atoms with E-state index < -0.39 is 40.2 Å². The van der Waals surface area contributed by atoms with Crippen LogP contribution in [-0.2, 0) is 26.2 Å². The first kappa shape index (κ1) is 32.2. The first-order chi connectivity index (χ1) is 21.1. The van der Waals surface area contributed by atoms with Gasteiger partial charge in [0, 0.05) is 18.2 Å². The molecule has 0 unspecified atom stereocenters. The summed E-state index contributed by atoms with van der Waals surface area (Å²) in [5.41, 5.74) is 0.411. The number of sulfonamides is 1. The maximum atomic E-state index is 14.7. The summed E-state index contributed by atoms with van der Waals surface area (Å²) in [6, 6.07) is 28.0. The zero-order valence-electron chi connectivity index (χ0n) is 24.9. The third-order valence-electron chi connectivity index (χ3n) is 7.18. The van der Waals surface area contributed by atoms with E-state index in [1.807, 2.05) is 32.0 Å². The Morgan fingerprint density at radius 1 is 0.818 bits per heavy atom. The zero-order valence-corrected chi connectivity index (χ0v) is 25.7. The van der Waals surface area contributed by atoms with Crippen LogP contribution >= 0.6 is 0 Å². The van der Waals surface area contributed by atoms with E-state index in [2.05, 4.69) is 5.32 Å². The lowest BCUT2D eigenvalue weighted by molar-refractivity contribution is -0.139. The highest BCUT2D eigenvalue weighted by Crippen LogP contribution is 2.28. The molecule has 10 heteroatoms. The molecule has 0 heterocycles. The number of halogens is 1. The predicted molar refractivity (Wildman–Crippen MR) is 168 cm³/mol. The second kappa shape index (κ2) is 14.7. The Bertz CT molecular complexity index is 1650. The largest absolute Gasteiger partial charge is 0.457 e. The molecule has 0 aliphatic carbocycles. The number of hydrogen-bond acceptors (Lipinski definition) is 5. The number of rotatable bonds is 13. The molecule has 0 saturated heterocycles. The van der Waals surface area contributed by atoms with Crippen LogP contribution in [0.3, 0.4) is 0 Å². The molecular weight excluding hydrogens is 581 g/mol. The van der Waals surface area contributed by atoms with Crippen molar-refractivity contribution in [3.8, 4) is 11.5 Å². The Labute approximate surface area is 258 Å². The molecule has 4 aromatic rings. The van der Waals surface area contributed by atoms with E-state index in [9.17, 15) is 22.4 Å². The number of carbonyl (C=O) groups excluding carboxylic acids is 2. The third kappa shape index (κ3) is 8.02.